The van der Waals surface area contributed by atoms with Gasteiger partial charge in [0.25, 0.3) is 0 Å². The van der Waals surface area contributed by atoms with E-state index in [1.54, 1.807) is 0 Å². The third kappa shape index (κ3) is 3.89. The molecular formula is C19H33N3. The Morgan fingerprint density at radius 1 is 1.18 bits per heavy atom. The number of benzene rings is 1. The van der Waals surface area contributed by atoms with Crippen LogP contribution in [0.25, 0.3) is 0 Å². The second-order valence-corrected chi connectivity index (χ2v) is 7.66. The van der Waals surface area contributed by atoms with Crippen molar-refractivity contribution in [2.24, 2.45) is 5.73 Å². The summed E-state index contributed by atoms with van der Waals surface area (Å²) in [5, 5.41) is 0. The highest BCUT2D eigenvalue weighted by Crippen LogP contribution is 2.27. The number of hydrogen-bond donors (Lipinski definition) is 1. The maximum absolute atomic E-state index is 6.13. The van der Waals surface area contributed by atoms with Gasteiger partial charge in [-0.2, -0.15) is 0 Å². The third-order valence-corrected chi connectivity index (χ3v) is 5.11. The Labute approximate surface area is 136 Å². The van der Waals surface area contributed by atoms with Gasteiger partial charge >= 0.3 is 0 Å². The van der Waals surface area contributed by atoms with Crippen LogP contribution in [0.5, 0.6) is 0 Å². The van der Waals surface area contributed by atoms with Crippen molar-refractivity contribution in [2.75, 3.05) is 33.2 Å². The number of nitrogens with zero attached hydrogens (tertiary/aromatic N) is 2. The van der Waals surface area contributed by atoms with Gasteiger partial charge in [-0.1, -0.05) is 52.0 Å². The number of likely N-dealkylation sites (N-methyl/N-ethyl adjacent to an activating group) is 1. The van der Waals surface area contributed by atoms with Crippen molar-refractivity contribution in [3.05, 3.63) is 35.4 Å². The van der Waals surface area contributed by atoms with E-state index in [9.17, 15) is 0 Å². The molecule has 0 radical (unpaired) electrons. The lowest BCUT2D eigenvalue weighted by molar-refractivity contribution is 0.0644. The summed E-state index contributed by atoms with van der Waals surface area (Å²) in [6, 6.07) is 10.1. The first kappa shape index (κ1) is 17.5. The Bertz CT molecular complexity index is 461. The summed E-state index contributed by atoms with van der Waals surface area (Å²) in [4.78, 5) is 5.05. The molecule has 1 heterocycles. The first-order valence-electron chi connectivity index (χ1n) is 8.61. The lowest BCUT2D eigenvalue weighted by Gasteiger charge is -2.42. The molecule has 1 aliphatic heterocycles. The molecule has 0 amide bonds. The van der Waals surface area contributed by atoms with E-state index in [4.69, 9.17) is 5.73 Å². The van der Waals surface area contributed by atoms with Crippen molar-refractivity contribution >= 4 is 0 Å². The number of piperazine rings is 1. The average molecular weight is 303 g/mol. The standard InChI is InChI=1S/C19H33N3/c1-6-17-14-22(12-11-21(17)5)18(13-20)15-7-9-16(10-8-15)19(2,3)4/h7-10,17-18H,6,11-14,20H2,1-5H3. The quantitative estimate of drug-likeness (QED) is 0.928. The number of nitrogens with two attached hydrogens (primary N) is 1. The molecule has 0 saturated carbocycles. The zero-order chi connectivity index (χ0) is 16.3. The van der Waals surface area contributed by atoms with Gasteiger partial charge in [0.2, 0.25) is 0 Å². The van der Waals surface area contributed by atoms with Gasteiger partial charge in [0.15, 0.2) is 0 Å². The van der Waals surface area contributed by atoms with Gasteiger partial charge in [-0.15, -0.1) is 0 Å². The fourth-order valence-corrected chi connectivity index (χ4v) is 3.40. The molecule has 2 atom stereocenters. The first-order valence-corrected chi connectivity index (χ1v) is 8.61. The zero-order valence-electron chi connectivity index (χ0n) is 15.0. The van der Waals surface area contributed by atoms with E-state index in [-0.39, 0.29) is 5.41 Å². The zero-order valence-corrected chi connectivity index (χ0v) is 15.0. The first-order chi connectivity index (χ1) is 10.4. The summed E-state index contributed by atoms with van der Waals surface area (Å²) in [6.45, 7) is 13.1. The molecule has 2 unspecified atom stereocenters. The van der Waals surface area contributed by atoms with Crippen LogP contribution in [-0.2, 0) is 5.41 Å². The summed E-state index contributed by atoms with van der Waals surface area (Å²) in [7, 11) is 2.24. The molecule has 0 aliphatic carbocycles. The summed E-state index contributed by atoms with van der Waals surface area (Å²) in [5.74, 6) is 0. The van der Waals surface area contributed by atoms with Crippen LogP contribution in [0.2, 0.25) is 0 Å². The molecule has 1 fully saturated rings. The van der Waals surface area contributed by atoms with E-state index in [1.165, 1.54) is 17.5 Å². The molecule has 22 heavy (non-hydrogen) atoms. The third-order valence-electron chi connectivity index (χ3n) is 5.11. The minimum Gasteiger partial charge on any atom is -0.329 e. The molecule has 2 N–H and O–H groups in total. The predicted molar refractivity (Wildman–Crippen MR) is 95.2 cm³/mol. The predicted octanol–water partition coefficient (Wildman–Crippen LogP) is 3.01. The molecule has 3 nitrogen and oxygen atoms in total. The summed E-state index contributed by atoms with van der Waals surface area (Å²) >= 11 is 0. The van der Waals surface area contributed by atoms with E-state index >= 15 is 0 Å². The maximum Gasteiger partial charge on any atom is 0.0471 e. The average Bonchev–Trinajstić information content (AvgIpc) is 2.49. The molecule has 1 aliphatic rings. The highest BCUT2D eigenvalue weighted by atomic mass is 15.3. The molecule has 2 rings (SSSR count). The van der Waals surface area contributed by atoms with Gasteiger partial charge in [-0.25, -0.2) is 0 Å². The molecular weight excluding hydrogens is 270 g/mol. The van der Waals surface area contributed by atoms with Crippen molar-refractivity contribution in [3.8, 4) is 0 Å². The van der Waals surface area contributed by atoms with Crippen LogP contribution in [0.4, 0.5) is 0 Å². The van der Waals surface area contributed by atoms with Gasteiger partial charge in [-0.05, 0) is 30.0 Å². The summed E-state index contributed by atoms with van der Waals surface area (Å²) < 4.78 is 0. The Hall–Kier alpha value is -0.900. The highest BCUT2D eigenvalue weighted by Gasteiger charge is 2.28. The Balaban J connectivity index is 2.14. The molecule has 0 spiro atoms. The monoisotopic (exact) mass is 303 g/mol. The van der Waals surface area contributed by atoms with E-state index < -0.39 is 0 Å². The number of rotatable bonds is 4. The molecule has 124 valence electrons. The SMILES string of the molecule is CCC1CN(C(CN)c2ccc(C(C)(C)C)cc2)CCN1C. The van der Waals surface area contributed by atoms with Crippen molar-refractivity contribution in [1.29, 1.82) is 0 Å². The molecule has 1 aromatic rings. The van der Waals surface area contributed by atoms with E-state index in [0.29, 0.717) is 18.6 Å². The van der Waals surface area contributed by atoms with Crippen LogP contribution in [0, 0.1) is 0 Å². The molecule has 1 saturated heterocycles. The Morgan fingerprint density at radius 3 is 2.32 bits per heavy atom. The van der Waals surface area contributed by atoms with Crippen LogP contribution in [0.15, 0.2) is 24.3 Å². The van der Waals surface area contributed by atoms with E-state index in [0.717, 1.165) is 19.6 Å². The topological polar surface area (TPSA) is 32.5 Å². The fourth-order valence-electron chi connectivity index (χ4n) is 3.40. The van der Waals surface area contributed by atoms with Gasteiger partial charge in [0.1, 0.15) is 0 Å². The number of hydrogen-bond acceptors (Lipinski definition) is 3. The van der Waals surface area contributed by atoms with Crippen molar-refractivity contribution in [1.82, 2.24) is 9.80 Å². The van der Waals surface area contributed by atoms with Crippen LogP contribution in [-0.4, -0.2) is 49.1 Å². The Morgan fingerprint density at radius 2 is 1.82 bits per heavy atom. The smallest absolute Gasteiger partial charge is 0.0471 e. The van der Waals surface area contributed by atoms with Crippen LogP contribution < -0.4 is 5.73 Å². The molecule has 0 aromatic heterocycles. The normalized spacial score (nSPS) is 22.7. The minimum atomic E-state index is 0.206. The van der Waals surface area contributed by atoms with Gasteiger partial charge < -0.3 is 10.6 Å². The van der Waals surface area contributed by atoms with E-state index in [2.05, 4.69) is 68.8 Å². The largest absolute Gasteiger partial charge is 0.329 e. The second kappa shape index (κ2) is 7.12. The summed E-state index contributed by atoms with van der Waals surface area (Å²) in [5.41, 5.74) is 9.07. The maximum atomic E-state index is 6.13. The van der Waals surface area contributed by atoms with Crippen LogP contribution in [0.3, 0.4) is 0 Å². The van der Waals surface area contributed by atoms with Crippen molar-refractivity contribution < 1.29 is 0 Å². The van der Waals surface area contributed by atoms with Crippen molar-refractivity contribution in [3.63, 3.8) is 0 Å². The highest BCUT2D eigenvalue weighted by molar-refractivity contribution is 5.29. The Kier molecular flexibility index (Phi) is 5.65. The minimum absolute atomic E-state index is 0.206. The van der Waals surface area contributed by atoms with E-state index in [1.807, 2.05) is 0 Å². The molecule has 3 heteroatoms. The van der Waals surface area contributed by atoms with Crippen LogP contribution >= 0.6 is 0 Å². The molecule has 0 bridgehead atoms. The molecule has 1 aromatic carbocycles. The second-order valence-electron chi connectivity index (χ2n) is 7.66. The lowest BCUT2D eigenvalue weighted by Crippen LogP contribution is -2.53. The van der Waals surface area contributed by atoms with Gasteiger partial charge in [0.05, 0.1) is 0 Å². The van der Waals surface area contributed by atoms with Gasteiger partial charge in [0, 0.05) is 38.3 Å². The van der Waals surface area contributed by atoms with Crippen molar-refractivity contribution in [2.45, 2.75) is 51.6 Å². The fraction of sp³-hybridized carbons (Fsp3) is 0.684. The summed E-state index contributed by atoms with van der Waals surface area (Å²) in [6.07, 6.45) is 1.20. The lowest BCUT2D eigenvalue weighted by atomic mass is 9.86. The van der Waals surface area contributed by atoms with Crippen LogP contribution in [0.1, 0.15) is 51.3 Å². The van der Waals surface area contributed by atoms with Gasteiger partial charge in [-0.3, -0.25) is 4.90 Å².